The number of nitrogens with one attached hydrogen (secondary N) is 2. The van der Waals surface area contributed by atoms with Crippen LogP contribution < -0.4 is 21.7 Å². The van der Waals surface area contributed by atoms with Crippen LogP contribution >= 0.6 is 11.6 Å². The summed E-state index contributed by atoms with van der Waals surface area (Å²) in [6.07, 6.45) is 1.37. The largest absolute Gasteiger partial charge is 0.459 e. The van der Waals surface area contributed by atoms with Crippen LogP contribution in [0.15, 0.2) is 34.3 Å². The highest BCUT2D eigenvalue weighted by molar-refractivity contribution is 7.89. The van der Waals surface area contributed by atoms with E-state index in [0.717, 1.165) is 0 Å². The number of hydrogen-bond donors (Lipinski definition) is 4. The quantitative estimate of drug-likeness (QED) is 0.210. The number of rotatable bonds is 6. The molecule has 2 rings (SSSR count). The van der Waals surface area contributed by atoms with Crippen molar-refractivity contribution < 1.29 is 17.9 Å². The van der Waals surface area contributed by atoms with Crippen molar-refractivity contribution >= 4 is 50.1 Å². The Morgan fingerprint density at radius 1 is 1.16 bits per heavy atom. The summed E-state index contributed by atoms with van der Waals surface area (Å²) in [5.74, 6) is -0.701. The summed E-state index contributed by atoms with van der Waals surface area (Å²) in [5, 5.41) is 1.17. The lowest BCUT2D eigenvalue weighted by molar-refractivity contribution is -0.160. The normalized spacial score (nSPS) is 13.6. The third kappa shape index (κ3) is 6.52. The first-order valence-electron chi connectivity index (χ1n) is 9.69. The van der Waals surface area contributed by atoms with Gasteiger partial charge in [-0.3, -0.25) is 4.79 Å². The number of halogens is 1. The minimum atomic E-state index is -4.09. The fourth-order valence-corrected chi connectivity index (χ4v) is 3.86. The molecule has 32 heavy (non-hydrogen) atoms. The van der Waals surface area contributed by atoms with Gasteiger partial charge in [0.2, 0.25) is 0 Å². The van der Waals surface area contributed by atoms with Gasteiger partial charge in [-0.1, -0.05) is 38.4 Å². The van der Waals surface area contributed by atoms with E-state index in [1.807, 2.05) is 0 Å². The SMILES string of the molecule is CC(C)(C)OC(=O)[C@H](NNS(=O)(=O)c1ccc2c(Cl)cnc(N=C(N)N)c2c1)C(C)(C)C. The van der Waals surface area contributed by atoms with Gasteiger partial charge in [0.25, 0.3) is 10.0 Å². The zero-order chi connectivity index (χ0) is 24.5. The molecule has 0 amide bonds. The number of nitrogens with zero attached hydrogens (tertiary/aromatic N) is 2. The van der Waals surface area contributed by atoms with Gasteiger partial charge < -0.3 is 16.2 Å². The number of aliphatic imine (C=N–C) groups is 1. The summed E-state index contributed by atoms with van der Waals surface area (Å²) in [6, 6.07) is 3.29. The molecular formula is C20H29ClN6O4S. The molecule has 10 nitrogen and oxygen atoms in total. The number of hydrazine groups is 1. The monoisotopic (exact) mass is 484 g/mol. The van der Waals surface area contributed by atoms with Crippen molar-refractivity contribution in [3.63, 3.8) is 0 Å². The van der Waals surface area contributed by atoms with E-state index in [1.54, 1.807) is 41.5 Å². The Kier molecular flexibility index (Phi) is 7.40. The first-order valence-corrected chi connectivity index (χ1v) is 11.6. The molecule has 0 unspecified atom stereocenters. The number of nitrogens with two attached hydrogens (primary N) is 2. The van der Waals surface area contributed by atoms with Crippen LogP contribution in [0.5, 0.6) is 0 Å². The van der Waals surface area contributed by atoms with E-state index in [-0.39, 0.29) is 16.7 Å². The smallest absolute Gasteiger partial charge is 0.325 e. The van der Waals surface area contributed by atoms with Crippen molar-refractivity contribution in [2.75, 3.05) is 0 Å². The highest BCUT2D eigenvalue weighted by atomic mass is 35.5. The number of ether oxygens (including phenoxy) is 1. The van der Waals surface area contributed by atoms with E-state index in [9.17, 15) is 13.2 Å². The van der Waals surface area contributed by atoms with Crippen LogP contribution in [0.25, 0.3) is 10.8 Å². The lowest BCUT2D eigenvalue weighted by Crippen LogP contribution is -2.55. The Morgan fingerprint density at radius 2 is 1.78 bits per heavy atom. The molecule has 1 aromatic heterocycles. The number of carbonyl (C=O) groups excluding carboxylic acids is 1. The zero-order valence-corrected chi connectivity index (χ0v) is 20.4. The molecular weight excluding hydrogens is 456 g/mol. The van der Waals surface area contributed by atoms with E-state index < -0.39 is 33.1 Å². The molecule has 0 fully saturated rings. The Labute approximate surface area is 192 Å². The first-order chi connectivity index (χ1) is 14.5. The molecule has 1 aromatic carbocycles. The van der Waals surface area contributed by atoms with E-state index in [2.05, 4.69) is 20.2 Å². The molecule has 0 aliphatic rings. The van der Waals surface area contributed by atoms with E-state index >= 15 is 0 Å². The third-order valence-electron chi connectivity index (χ3n) is 4.18. The molecule has 0 aliphatic carbocycles. The summed E-state index contributed by atoms with van der Waals surface area (Å²) in [7, 11) is -4.09. The first kappa shape index (κ1) is 25.8. The number of aromatic nitrogens is 1. The number of sulfonamides is 1. The molecule has 176 valence electrons. The molecule has 0 spiro atoms. The van der Waals surface area contributed by atoms with Crippen LogP contribution in [0, 0.1) is 5.41 Å². The zero-order valence-electron chi connectivity index (χ0n) is 18.9. The molecule has 0 aliphatic heterocycles. The number of fused-ring (bicyclic) bond motifs is 1. The Morgan fingerprint density at radius 3 is 2.31 bits per heavy atom. The second kappa shape index (κ2) is 9.18. The summed E-state index contributed by atoms with van der Waals surface area (Å²) >= 11 is 6.17. The summed E-state index contributed by atoms with van der Waals surface area (Å²) < 4.78 is 31.4. The van der Waals surface area contributed by atoms with Gasteiger partial charge in [0, 0.05) is 17.0 Å². The highest BCUT2D eigenvalue weighted by Gasteiger charge is 2.35. The van der Waals surface area contributed by atoms with Gasteiger partial charge >= 0.3 is 5.97 Å². The number of esters is 1. The maximum Gasteiger partial charge on any atom is 0.325 e. The number of hydrogen-bond acceptors (Lipinski definition) is 7. The molecule has 2 aromatic rings. The van der Waals surface area contributed by atoms with Crippen molar-refractivity contribution in [2.24, 2.45) is 21.9 Å². The standard InChI is InChI=1S/C20H29ClN6O4S/c1-19(2,3)15(17(28)31-20(4,5)6)26-27-32(29,30)11-7-8-12-13(9-11)16(25-18(22)23)24-10-14(12)21/h7-10,15,26-27H,1-6H3,(H4,22,23,24,25)/t15-/m0/s1. The van der Waals surface area contributed by atoms with Crippen LogP contribution in [-0.2, 0) is 19.6 Å². The van der Waals surface area contributed by atoms with Crippen LogP contribution in [-0.4, -0.2) is 37.0 Å². The van der Waals surface area contributed by atoms with Crippen LogP contribution in [0.4, 0.5) is 5.82 Å². The average Bonchev–Trinajstić information content (AvgIpc) is 2.61. The fraction of sp³-hybridized carbons (Fsp3) is 0.450. The van der Waals surface area contributed by atoms with Gasteiger partial charge in [0.1, 0.15) is 11.6 Å². The maximum absolute atomic E-state index is 13.0. The molecule has 0 saturated carbocycles. The lowest BCUT2D eigenvalue weighted by Gasteiger charge is -2.32. The molecule has 1 heterocycles. The van der Waals surface area contributed by atoms with Gasteiger partial charge in [-0.15, -0.1) is 4.83 Å². The van der Waals surface area contributed by atoms with E-state index in [1.165, 1.54) is 24.4 Å². The van der Waals surface area contributed by atoms with Crippen molar-refractivity contribution in [2.45, 2.75) is 58.1 Å². The predicted molar refractivity (Wildman–Crippen MR) is 125 cm³/mol. The minimum Gasteiger partial charge on any atom is -0.459 e. The second-order valence-corrected chi connectivity index (χ2v) is 11.3. The molecule has 0 radical (unpaired) electrons. The third-order valence-corrected chi connectivity index (χ3v) is 5.74. The Bertz CT molecular complexity index is 1150. The van der Waals surface area contributed by atoms with Gasteiger partial charge in [-0.2, -0.15) is 4.99 Å². The molecule has 1 atom stereocenters. The van der Waals surface area contributed by atoms with Crippen molar-refractivity contribution in [3.8, 4) is 0 Å². The number of carbonyl (C=O) groups is 1. The van der Waals surface area contributed by atoms with Gasteiger partial charge in [-0.05, 0) is 38.3 Å². The summed E-state index contributed by atoms with van der Waals surface area (Å²) in [4.78, 5) is 22.8. The number of guanidine groups is 1. The van der Waals surface area contributed by atoms with Crippen LogP contribution in [0.1, 0.15) is 41.5 Å². The minimum absolute atomic E-state index is 0.106. The average molecular weight is 485 g/mol. The van der Waals surface area contributed by atoms with Crippen LogP contribution in [0.2, 0.25) is 5.02 Å². The molecule has 0 saturated heterocycles. The van der Waals surface area contributed by atoms with Gasteiger partial charge in [0.05, 0.1) is 9.92 Å². The van der Waals surface area contributed by atoms with Crippen molar-refractivity contribution in [1.29, 1.82) is 0 Å². The van der Waals surface area contributed by atoms with Crippen molar-refractivity contribution in [3.05, 3.63) is 29.4 Å². The van der Waals surface area contributed by atoms with E-state index in [0.29, 0.717) is 15.8 Å². The fourth-order valence-electron chi connectivity index (χ4n) is 2.74. The Balaban J connectivity index is 2.40. The van der Waals surface area contributed by atoms with Crippen molar-refractivity contribution in [1.82, 2.24) is 15.2 Å². The molecule has 0 bridgehead atoms. The summed E-state index contributed by atoms with van der Waals surface area (Å²) in [6.45, 7) is 10.6. The number of pyridine rings is 1. The topological polar surface area (TPSA) is 162 Å². The Hall–Kier alpha value is -2.47. The maximum atomic E-state index is 13.0. The lowest BCUT2D eigenvalue weighted by atomic mass is 9.87. The molecule has 6 N–H and O–H groups in total. The van der Waals surface area contributed by atoms with Gasteiger partial charge in [-0.25, -0.2) is 18.8 Å². The predicted octanol–water partition coefficient (Wildman–Crippen LogP) is 2.33. The summed E-state index contributed by atoms with van der Waals surface area (Å²) in [5.41, 5.74) is 12.1. The molecule has 12 heteroatoms. The van der Waals surface area contributed by atoms with Gasteiger partial charge in [0.15, 0.2) is 11.8 Å². The van der Waals surface area contributed by atoms with E-state index in [4.69, 9.17) is 27.8 Å². The highest BCUT2D eigenvalue weighted by Crippen LogP contribution is 2.31. The van der Waals surface area contributed by atoms with Crippen LogP contribution in [0.3, 0.4) is 0 Å². The second-order valence-electron chi connectivity index (χ2n) is 9.26. The number of benzene rings is 1.